The van der Waals surface area contributed by atoms with E-state index in [1.165, 1.54) is 10.7 Å². The predicted molar refractivity (Wildman–Crippen MR) is 119 cm³/mol. The summed E-state index contributed by atoms with van der Waals surface area (Å²) in [5.41, 5.74) is 0.651. The van der Waals surface area contributed by atoms with E-state index >= 15 is 0 Å². The quantitative estimate of drug-likeness (QED) is 0.524. The number of pyridine rings is 1. The van der Waals surface area contributed by atoms with Gasteiger partial charge >= 0.3 is 0 Å². The molecule has 166 valence electrons. The van der Waals surface area contributed by atoms with Crippen LogP contribution in [0, 0.1) is 5.82 Å². The Balaban J connectivity index is 1.61. The van der Waals surface area contributed by atoms with Gasteiger partial charge in [-0.2, -0.15) is 5.10 Å². The molecule has 1 aliphatic heterocycles. The summed E-state index contributed by atoms with van der Waals surface area (Å²) in [4.78, 5) is 25.5. The fourth-order valence-electron chi connectivity index (χ4n) is 4.36. The molecule has 32 heavy (non-hydrogen) atoms. The fraction of sp³-hybridized carbons (Fsp3) is 0.348. The van der Waals surface area contributed by atoms with Gasteiger partial charge in [0.25, 0.3) is 11.1 Å². The molecule has 1 N–H and O–H groups in total. The molecule has 3 aromatic heterocycles. The van der Waals surface area contributed by atoms with E-state index in [0.29, 0.717) is 40.8 Å². The number of ether oxygens (including phenoxy) is 1. The van der Waals surface area contributed by atoms with Gasteiger partial charge in [-0.3, -0.25) is 9.59 Å². The van der Waals surface area contributed by atoms with Crippen molar-refractivity contribution in [3.05, 3.63) is 68.8 Å². The van der Waals surface area contributed by atoms with Crippen molar-refractivity contribution in [2.24, 2.45) is 7.05 Å². The Labute approximate surface area is 182 Å². The first-order valence-corrected chi connectivity index (χ1v) is 10.6. The number of aryl methyl sites for hydroxylation is 1. The van der Waals surface area contributed by atoms with Gasteiger partial charge in [-0.15, -0.1) is 0 Å². The minimum absolute atomic E-state index is 0.00910. The zero-order chi connectivity index (χ0) is 22.4. The fourth-order valence-corrected chi connectivity index (χ4v) is 4.36. The van der Waals surface area contributed by atoms with Crippen molar-refractivity contribution in [1.29, 1.82) is 0 Å². The molecule has 1 saturated heterocycles. The Morgan fingerprint density at radius 1 is 1.19 bits per heavy atom. The Morgan fingerprint density at radius 2 is 1.97 bits per heavy atom. The molecule has 0 aliphatic carbocycles. The van der Waals surface area contributed by atoms with E-state index < -0.39 is 5.82 Å². The third-order valence-corrected chi connectivity index (χ3v) is 6.10. The van der Waals surface area contributed by atoms with Gasteiger partial charge in [-0.1, -0.05) is 12.1 Å². The molecule has 4 heterocycles. The average Bonchev–Trinajstić information content (AvgIpc) is 3.18. The summed E-state index contributed by atoms with van der Waals surface area (Å²) in [5.74, 6) is 0.0413. The van der Waals surface area contributed by atoms with Crippen LogP contribution in [-0.2, 0) is 11.8 Å². The molecule has 0 spiro atoms. The maximum absolute atomic E-state index is 14.0. The average molecular weight is 438 g/mol. The van der Waals surface area contributed by atoms with Gasteiger partial charge in [0.2, 0.25) is 0 Å². The van der Waals surface area contributed by atoms with Crippen LogP contribution in [0.3, 0.4) is 0 Å². The van der Waals surface area contributed by atoms with Crippen LogP contribution in [0.1, 0.15) is 37.4 Å². The lowest BCUT2D eigenvalue weighted by Gasteiger charge is -2.25. The largest absolute Gasteiger partial charge is 0.461 e. The van der Waals surface area contributed by atoms with E-state index in [1.54, 1.807) is 29.9 Å². The lowest BCUT2D eigenvalue weighted by molar-refractivity contribution is 0.0688. The molecule has 1 atom stereocenters. The number of nitrogens with one attached hydrogen (secondary N) is 1. The molecule has 0 saturated carbocycles. The Kier molecular flexibility index (Phi) is 5.05. The lowest BCUT2D eigenvalue weighted by atomic mass is 10.1. The maximum atomic E-state index is 14.0. The van der Waals surface area contributed by atoms with Crippen molar-refractivity contribution in [2.75, 3.05) is 18.5 Å². The molecule has 1 aliphatic rings. The first-order valence-electron chi connectivity index (χ1n) is 10.6. The Bertz CT molecular complexity index is 1430. The summed E-state index contributed by atoms with van der Waals surface area (Å²) in [7, 11) is 1.55. The zero-order valence-corrected chi connectivity index (χ0v) is 17.8. The highest BCUT2D eigenvalue weighted by Gasteiger charge is 2.21. The number of aromatic nitrogens is 3. The number of rotatable bonds is 4. The molecule has 1 unspecified atom stereocenters. The van der Waals surface area contributed by atoms with Crippen LogP contribution < -0.4 is 16.4 Å². The molecule has 1 aromatic carbocycles. The third kappa shape index (κ3) is 3.38. The maximum Gasteiger partial charge on any atom is 0.274 e. The van der Waals surface area contributed by atoms with Gasteiger partial charge in [0.1, 0.15) is 11.8 Å². The highest BCUT2D eigenvalue weighted by Crippen LogP contribution is 2.30. The van der Waals surface area contributed by atoms with Crippen molar-refractivity contribution in [3.8, 4) is 0 Å². The van der Waals surface area contributed by atoms with Gasteiger partial charge in [-0.05, 0) is 25.8 Å². The second kappa shape index (κ2) is 7.90. The van der Waals surface area contributed by atoms with Crippen LogP contribution in [-0.4, -0.2) is 27.6 Å². The van der Waals surface area contributed by atoms with Crippen LogP contribution in [0.25, 0.3) is 21.7 Å². The number of furan rings is 1. The van der Waals surface area contributed by atoms with E-state index in [1.807, 2.05) is 13.0 Å². The molecule has 9 heteroatoms. The molecule has 4 aromatic rings. The molecular weight excluding hydrogens is 415 g/mol. The summed E-state index contributed by atoms with van der Waals surface area (Å²) in [5, 5.41) is 9.01. The monoisotopic (exact) mass is 438 g/mol. The summed E-state index contributed by atoms with van der Waals surface area (Å²) in [6.45, 7) is 3.09. The first-order chi connectivity index (χ1) is 15.4. The number of para-hydroxylation sites is 1. The van der Waals surface area contributed by atoms with E-state index in [4.69, 9.17) is 9.15 Å². The highest BCUT2D eigenvalue weighted by molar-refractivity contribution is 5.90. The highest BCUT2D eigenvalue weighted by atomic mass is 19.1. The van der Waals surface area contributed by atoms with Crippen LogP contribution in [0.4, 0.5) is 10.2 Å². The van der Waals surface area contributed by atoms with E-state index in [9.17, 15) is 14.0 Å². The number of hydrogen-bond donors (Lipinski definition) is 1. The summed E-state index contributed by atoms with van der Waals surface area (Å²) in [6, 6.07) is 6.37. The van der Waals surface area contributed by atoms with Crippen LogP contribution >= 0.6 is 0 Å². The molecular formula is C23H23FN4O4. The summed E-state index contributed by atoms with van der Waals surface area (Å²) < 4.78 is 27.7. The van der Waals surface area contributed by atoms with E-state index in [-0.39, 0.29) is 23.2 Å². The minimum Gasteiger partial charge on any atom is -0.461 e. The van der Waals surface area contributed by atoms with Crippen molar-refractivity contribution < 1.29 is 13.5 Å². The smallest absolute Gasteiger partial charge is 0.274 e. The zero-order valence-electron chi connectivity index (χ0n) is 17.8. The molecule has 0 radical (unpaired) electrons. The molecule has 1 fully saturated rings. The first kappa shape index (κ1) is 20.4. The van der Waals surface area contributed by atoms with Crippen molar-refractivity contribution in [1.82, 2.24) is 14.3 Å². The van der Waals surface area contributed by atoms with Crippen molar-refractivity contribution >= 4 is 27.6 Å². The lowest BCUT2D eigenvalue weighted by Crippen LogP contribution is -2.30. The van der Waals surface area contributed by atoms with E-state index in [2.05, 4.69) is 10.4 Å². The van der Waals surface area contributed by atoms with Gasteiger partial charge in [-0.25, -0.2) is 9.07 Å². The number of hydrogen-bond acceptors (Lipinski definition) is 6. The number of benzene rings is 1. The van der Waals surface area contributed by atoms with Gasteiger partial charge in [0.05, 0.1) is 16.8 Å². The Hall–Kier alpha value is -3.46. The normalized spacial score (nSPS) is 16.0. The second-order valence-electron chi connectivity index (χ2n) is 8.14. The number of nitrogens with zero attached hydrogens (tertiary/aromatic N) is 3. The Morgan fingerprint density at radius 3 is 2.75 bits per heavy atom. The van der Waals surface area contributed by atoms with Crippen LogP contribution in [0.5, 0.6) is 0 Å². The minimum atomic E-state index is -0.416. The second-order valence-corrected chi connectivity index (χ2v) is 8.14. The number of fused-ring (bicyclic) bond motifs is 2. The SMILES string of the molecule is CC(Nc1nn(C)c(=O)c2cc(=O)n(C3CCOCC3)cc12)c1cccc2c(F)coc12. The third-order valence-electron chi connectivity index (χ3n) is 6.10. The molecule has 8 nitrogen and oxygen atoms in total. The standard InChI is InChI=1S/C23H23FN4O4/c1-13(15-4-3-5-16-19(24)12-32-21(15)16)25-22-18-11-28(14-6-8-31-9-7-14)20(29)10-17(18)23(30)27(2)26-22/h3-5,10-14H,6-9H2,1-2H3,(H,25,26). The topological polar surface area (TPSA) is 91.3 Å². The summed E-state index contributed by atoms with van der Waals surface area (Å²) >= 11 is 0. The van der Waals surface area contributed by atoms with Crippen molar-refractivity contribution in [3.63, 3.8) is 0 Å². The van der Waals surface area contributed by atoms with Crippen LogP contribution in [0.15, 0.2) is 50.7 Å². The predicted octanol–water partition coefficient (Wildman–Crippen LogP) is 3.51. The molecule has 0 amide bonds. The number of anilines is 1. The van der Waals surface area contributed by atoms with Crippen LogP contribution in [0.2, 0.25) is 0 Å². The van der Waals surface area contributed by atoms with Gasteiger partial charge in [0, 0.05) is 49.5 Å². The van der Waals surface area contributed by atoms with Gasteiger partial charge < -0.3 is 19.0 Å². The van der Waals surface area contributed by atoms with E-state index in [0.717, 1.165) is 24.7 Å². The summed E-state index contributed by atoms with van der Waals surface area (Å²) in [6.07, 6.45) is 4.27. The van der Waals surface area contributed by atoms with Gasteiger partial charge in [0.15, 0.2) is 11.6 Å². The molecule has 5 rings (SSSR count). The molecule has 0 bridgehead atoms. The van der Waals surface area contributed by atoms with Crippen molar-refractivity contribution in [2.45, 2.75) is 31.8 Å². The number of halogens is 1.